The zero-order chi connectivity index (χ0) is 13.6. The van der Waals surface area contributed by atoms with Crippen LogP contribution in [0.15, 0.2) is 24.3 Å². The second-order valence-corrected chi connectivity index (χ2v) is 9.66. The summed E-state index contributed by atoms with van der Waals surface area (Å²) >= 11 is 0. The minimum absolute atomic E-state index is 0.241. The molecule has 0 saturated carbocycles. The smallest absolute Gasteiger partial charge is 0.324 e. The van der Waals surface area contributed by atoms with Gasteiger partial charge in [0.05, 0.1) is 12.2 Å². The summed E-state index contributed by atoms with van der Waals surface area (Å²) in [6, 6.07) is 7.14. The first kappa shape index (κ1) is 14.8. The minimum atomic E-state index is -1.82. The van der Waals surface area contributed by atoms with Gasteiger partial charge in [-0.25, -0.2) is 4.79 Å². The molecule has 0 N–H and O–H groups in total. The van der Waals surface area contributed by atoms with E-state index in [1.807, 2.05) is 31.8 Å². The molecule has 0 atom stereocenters. The number of ether oxygens (including phenoxy) is 1. The van der Waals surface area contributed by atoms with E-state index in [2.05, 4.69) is 6.92 Å². The molecule has 1 aromatic rings. The third-order valence-corrected chi connectivity index (χ3v) is 3.05. The fraction of sp³-hybridized carbons (Fsp3) is 0.500. The van der Waals surface area contributed by atoms with Gasteiger partial charge in [0, 0.05) is 0 Å². The Morgan fingerprint density at radius 2 is 1.78 bits per heavy atom. The molecule has 4 heteroatoms. The molecule has 0 aromatic heterocycles. The first-order valence-electron chi connectivity index (χ1n) is 6.38. The summed E-state index contributed by atoms with van der Waals surface area (Å²) in [7, 11) is -1.82. The Hall–Kier alpha value is -1.29. The fourth-order valence-electron chi connectivity index (χ4n) is 1.36. The Labute approximate surface area is 110 Å². The molecule has 3 nitrogen and oxygen atoms in total. The largest absolute Gasteiger partial charge is 0.516 e. The van der Waals surface area contributed by atoms with Gasteiger partial charge in [-0.05, 0) is 50.3 Å². The van der Waals surface area contributed by atoms with Crippen molar-refractivity contribution in [1.29, 1.82) is 0 Å². The van der Waals surface area contributed by atoms with Crippen molar-refractivity contribution >= 4 is 14.3 Å². The van der Waals surface area contributed by atoms with Crippen molar-refractivity contribution in [2.24, 2.45) is 0 Å². The lowest BCUT2D eigenvalue weighted by atomic mass is 10.2. The summed E-state index contributed by atoms with van der Waals surface area (Å²) in [4.78, 5) is 11.8. The van der Waals surface area contributed by atoms with Gasteiger partial charge in [0.25, 0.3) is 0 Å². The lowest BCUT2D eigenvalue weighted by Crippen LogP contribution is -2.29. The van der Waals surface area contributed by atoms with Crippen molar-refractivity contribution in [3.05, 3.63) is 29.8 Å². The highest BCUT2D eigenvalue weighted by Crippen LogP contribution is 2.15. The van der Waals surface area contributed by atoms with Crippen LogP contribution in [0.25, 0.3) is 0 Å². The highest BCUT2D eigenvalue weighted by atomic mass is 28.4. The molecule has 0 unspecified atom stereocenters. The highest BCUT2D eigenvalue weighted by Gasteiger charge is 2.20. The molecule has 0 aliphatic rings. The van der Waals surface area contributed by atoms with E-state index < -0.39 is 8.32 Å². The predicted octanol–water partition coefficient (Wildman–Crippen LogP) is 3.86. The molecule has 0 aliphatic carbocycles. The van der Waals surface area contributed by atoms with E-state index in [-0.39, 0.29) is 5.97 Å². The molecule has 18 heavy (non-hydrogen) atoms. The van der Waals surface area contributed by atoms with Gasteiger partial charge in [0.15, 0.2) is 0 Å². The molecule has 0 aliphatic heterocycles. The van der Waals surface area contributed by atoms with Crippen LogP contribution in [0.1, 0.15) is 30.1 Å². The van der Waals surface area contributed by atoms with Crippen LogP contribution in [0.4, 0.5) is 0 Å². The summed E-state index contributed by atoms with van der Waals surface area (Å²) in [5, 5.41) is 0. The monoisotopic (exact) mass is 266 g/mol. The van der Waals surface area contributed by atoms with Gasteiger partial charge in [-0.15, -0.1) is 0 Å². The molecule has 0 fully saturated rings. The molecule has 0 spiro atoms. The van der Waals surface area contributed by atoms with Crippen molar-refractivity contribution in [3.8, 4) is 5.75 Å². The van der Waals surface area contributed by atoms with Crippen LogP contribution in [0.5, 0.6) is 5.75 Å². The zero-order valence-corrected chi connectivity index (χ0v) is 12.7. The van der Waals surface area contributed by atoms with Crippen molar-refractivity contribution in [3.63, 3.8) is 0 Å². The van der Waals surface area contributed by atoms with E-state index in [1.54, 1.807) is 12.1 Å². The van der Waals surface area contributed by atoms with E-state index in [0.29, 0.717) is 5.56 Å². The van der Waals surface area contributed by atoms with Gasteiger partial charge >= 0.3 is 5.97 Å². The number of rotatable bonds is 6. The summed E-state index contributed by atoms with van der Waals surface area (Å²) in [5.41, 5.74) is 0.584. The van der Waals surface area contributed by atoms with Gasteiger partial charge in [-0.2, -0.15) is 0 Å². The maximum Gasteiger partial charge on any atom is 0.324 e. The third kappa shape index (κ3) is 5.36. The number of carbonyl (C=O) groups is 1. The molecular formula is C14H22O3Si. The molecule has 100 valence electrons. The maximum absolute atomic E-state index is 11.8. The lowest BCUT2D eigenvalue weighted by Gasteiger charge is -2.17. The number of hydrogen-bond acceptors (Lipinski definition) is 3. The molecule has 1 rings (SSSR count). The third-order valence-electron chi connectivity index (χ3n) is 2.26. The number of hydrogen-bond donors (Lipinski definition) is 0. The molecule has 0 saturated heterocycles. The second kappa shape index (κ2) is 6.59. The molecular weight excluding hydrogens is 244 g/mol. The standard InChI is InChI=1S/C14H22O3Si/c1-5-6-11-16-13-9-7-12(8-10-13)14(15)17-18(2,3)4/h7-10H,5-6,11H2,1-4H3. The number of unbranched alkanes of at least 4 members (excludes halogenated alkanes) is 1. The van der Waals surface area contributed by atoms with Crippen LogP contribution in [-0.4, -0.2) is 20.9 Å². The van der Waals surface area contributed by atoms with Crippen LogP contribution >= 0.6 is 0 Å². The van der Waals surface area contributed by atoms with Gasteiger partial charge in [0.2, 0.25) is 8.32 Å². The number of carbonyl (C=O) groups excluding carboxylic acids is 1. The normalized spacial score (nSPS) is 11.1. The lowest BCUT2D eigenvalue weighted by molar-refractivity contribution is 0.0724. The van der Waals surface area contributed by atoms with E-state index in [1.165, 1.54) is 0 Å². The summed E-state index contributed by atoms with van der Waals surface area (Å²) in [6.45, 7) is 8.82. The minimum Gasteiger partial charge on any atom is -0.516 e. The molecule has 0 radical (unpaired) electrons. The number of benzene rings is 1. The van der Waals surface area contributed by atoms with Crippen molar-refractivity contribution in [1.82, 2.24) is 0 Å². The molecule has 1 aromatic carbocycles. The molecule has 0 bridgehead atoms. The molecule has 0 amide bonds. The van der Waals surface area contributed by atoms with Gasteiger partial charge in [0.1, 0.15) is 5.75 Å². The Kier molecular flexibility index (Phi) is 5.41. The fourth-order valence-corrected chi connectivity index (χ4v) is 2.03. The van der Waals surface area contributed by atoms with Gasteiger partial charge in [-0.1, -0.05) is 13.3 Å². The first-order valence-corrected chi connectivity index (χ1v) is 9.79. The maximum atomic E-state index is 11.8. The van der Waals surface area contributed by atoms with Crippen LogP contribution in [0.3, 0.4) is 0 Å². The van der Waals surface area contributed by atoms with Crippen LogP contribution in [0.2, 0.25) is 19.6 Å². The average Bonchev–Trinajstić information content (AvgIpc) is 2.28. The molecule has 0 heterocycles. The summed E-state index contributed by atoms with van der Waals surface area (Å²) in [6.07, 6.45) is 2.15. The second-order valence-electron chi connectivity index (χ2n) is 5.23. The highest BCUT2D eigenvalue weighted by molar-refractivity contribution is 6.71. The van der Waals surface area contributed by atoms with Crippen molar-refractivity contribution in [2.75, 3.05) is 6.61 Å². The Morgan fingerprint density at radius 1 is 1.17 bits per heavy atom. The van der Waals surface area contributed by atoms with Gasteiger partial charge < -0.3 is 9.16 Å². The Balaban J connectivity index is 2.57. The van der Waals surface area contributed by atoms with E-state index >= 15 is 0 Å². The predicted molar refractivity (Wildman–Crippen MR) is 75.6 cm³/mol. The topological polar surface area (TPSA) is 35.5 Å². The van der Waals surface area contributed by atoms with E-state index in [9.17, 15) is 4.79 Å². The summed E-state index contributed by atoms with van der Waals surface area (Å²) < 4.78 is 11.0. The Bertz CT molecular complexity index is 379. The van der Waals surface area contributed by atoms with Crippen LogP contribution < -0.4 is 4.74 Å². The van der Waals surface area contributed by atoms with E-state index in [4.69, 9.17) is 9.16 Å². The van der Waals surface area contributed by atoms with Crippen molar-refractivity contribution < 1.29 is 14.0 Å². The summed E-state index contributed by atoms with van der Waals surface area (Å²) in [5.74, 6) is 0.558. The Morgan fingerprint density at radius 3 is 2.28 bits per heavy atom. The van der Waals surface area contributed by atoms with Gasteiger partial charge in [-0.3, -0.25) is 0 Å². The van der Waals surface area contributed by atoms with Crippen LogP contribution in [-0.2, 0) is 4.43 Å². The first-order chi connectivity index (χ1) is 8.42. The van der Waals surface area contributed by atoms with Crippen molar-refractivity contribution in [2.45, 2.75) is 39.4 Å². The van der Waals surface area contributed by atoms with E-state index in [0.717, 1.165) is 25.2 Å². The zero-order valence-electron chi connectivity index (χ0n) is 11.7. The van der Waals surface area contributed by atoms with Crippen LogP contribution in [0, 0.1) is 0 Å². The average molecular weight is 266 g/mol. The SMILES string of the molecule is CCCCOc1ccc(C(=O)O[Si](C)(C)C)cc1. The quantitative estimate of drug-likeness (QED) is 0.579.